The van der Waals surface area contributed by atoms with Gasteiger partial charge in [0.15, 0.2) is 5.96 Å². The van der Waals surface area contributed by atoms with E-state index in [1.807, 2.05) is 0 Å². The molecule has 21 heavy (non-hydrogen) atoms. The first-order chi connectivity index (χ1) is 9.99. The van der Waals surface area contributed by atoms with Crippen molar-refractivity contribution in [3.8, 4) is 0 Å². The number of guanidine groups is 1. The molecule has 1 aliphatic heterocycles. The van der Waals surface area contributed by atoms with E-state index >= 15 is 0 Å². The number of aliphatic hydroxyl groups excluding tert-OH is 1. The van der Waals surface area contributed by atoms with E-state index in [0.717, 1.165) is 51.6 Å². The number of aliphatic hydroxyl groups is 1. The summed E-state index contributed by atoms with van der Waals surface area (Å²) in [5, 5.41) is 15.9. The van der Waals surface area contributed by atoms with Gasteiger partial charge in [-0.1, -0.05) is 20.8 Å². The first-order valence-corrected chi connectivity index (χ1v) is 8.20. The van der Waals surface area contributed by atoms with Crippen molar-refractivity contribution in [1.29, 1.82) is 0 Å². The average molecular weight is 299 g/mol. The maximum Gasteiger partial charge on any atom is 0.191 e. The van der Waals surface area contributed by atoms with Crippen molar-refractivity contribution in [3.63, 3.8) is 0 Å². The number of nitrogens with one attached hydrogen (secondary N) is 2. The minimum absolute atomic E-state index is 0.199. The first kappa shape index (κ1) is 18.2. The van der Waals surface area contributed by atoms with Crippen LogP contribution in [-0.2, 0) is 4.74 Å². The van der Waals surface area contributed by atoms with Crippen LogP contribution in [-0.4, -0.2) is 50.5 Å². The quantitative estimate of drug-likeness (QED) is 0.447. The van der Waals surface area contributed by atoms with Crippen molar-refractivity contribution < 1.29 is 9.84 Å². The SMILES string of the molecule is CCNC(=NCC1(C)COC1)NCC(CCO)CC(C)C. The monoisotopic (exact) mass is 299 g/mol. The van der Waals surface area contributed by atoms with Crippen LogP contribution in [0.1, 0.15) is 40.5 Å². The summed E-state index contributed by atoms with van der Waals surface area (Å²) in [5.74, 6) is 2.01. The summed E-state index contributed by atoms with van der Waals surface area (Å²) in [7, 11) is 0. The fraction of sp³-hybridized carbons (Fsp3) is 0.938. The van der Waals surface area contributed by atoms with Gasteiger partial charge in [-0.3, -0.25) is 4.99 Å². The maximum atomic E-state index is 9.18. The topological polar surface area (TPSA) is 65.9 Å². The van der Waals surface area contributed by atoms with Gasteiger partial charge in [-0.05, 0) is 31.6 Å². The summed E-state index contributed by atoms with van der Waals surface area (Å²) in [6.07, 6.45) is 1.97. The van der Waals surface area contributed by atoms with Crippen molar-refractivity contribution in [1.82, 2.24) is 10.6 Å². The highest BCUT2D eigenvalue weighted by Crippen LogP contribution is 2.26. The second kappa shape index (κ2) is 9.26. The van der Waals surface area contributed by atoms with Crippen LogP contribution < -0.4 is 10.6 Å². The maximum absolute atomic E-state index is 9.18. The second-order valence-corrected chi connectivity index (χ2v) is 6.89. The number of aliphatic imine (C=N–C) groups is 1. The molecule has 0 aromatic heterocycles. The summed E-state index contributed by atoms with van der Waals surface area (Å²) < 4.78 is 5.27. The lowest BCUT2D eigenvalue weighted by molar-refractivity contribution is -0.0945. The molecular weight excluding hydrogens is 266 g/mol. The van der Waals surface area contributed by atoms with Gasteiger partial charge in [0.2, 0.25) is 0 Å². The highest BCUT2D eigenvalue weighted by molar-refractivity contribution is 5.79. The number of ether oxygens (including phenoxy) is 1. The molecule has 1 saturated heterocycles. The number of nitrogens with zero attached hydrogens (tertiary/aromatic N) is 1. The Morgan fingerprint density at radius 2 is 2.05 bits per heavy atom. The van der Waals surface area contributed by atoms with Crippen molar-refractivity contribution in [2.45, 2.75) is 40.5 Å². The third-order valence-corrected chi connectivity index (χ3v) is 3.76. The molecule has 1 unspecified atom stereocenters. The third-order valence-electron chi connectivity index (χ3n) is 3.76. The molecule has 124 valence electrons. The Hall–Kier alpha value is -0.810. The van der Waals surface area contributed by atoms with Crippen LogP contribution in [0.5, 0.6) is 0 Å². The average Bonchev–Trinajstić information content (AvgIpc) is 2.39. The second-order valence-electron chi connectivity index (χ2n) is 6.89. The van der Waals surface area contributed by atoms with Gasteiger partial charge in [0, 0.05) is 25.1 Å². The number of hydrogen-bond acceptors (Lipinski definition) is 3. The van der Waals surface area contributed by atoms with Gasteiger partial charge in [0.1, 0.15) is 0 Å². The van der Waals surface area contributed by atoms with Crippen LogP contribution in [0.15, 0.2) is 4.99 Å². The van der Waals surface area contributed by atoms with Crippen LogP contribution in [0.4, 0.5) is 0 Å². The Morgan fingerprint density at radius 3 is 2.52 bits per heavy atom. The Morgan fingerprint density at radius 1 is 1.33 bits per heavy atom. The first-order valence-electron chi connectivity index (χ1n) is 8.20. The number of rotatable bonds is 9. The van der Waals surface area contributed by atoms with E-state index in [1.165, 1.54) is 0 Å². The molecule has 1 rings (SSSR count). The van der Waals surface area contributed by atoms with Crippen LogP contribution in [0.25, 0.3) is 0 Å². The summed E-state index contributed by atoms with van der Waals surface area (Å²) in [5.41, 5.74) is 0.199. The molecule has 0 saturated carbocycles. The summed E-state index contributed by atoms with van der Waals surface area (Å²) in [4.78, 5) is 4.67. The smallest absolute Gasteiger partial charge is 0.191 e. The lowest BCUT2D eigenvalue weighted by Crippen LogP contribution is -2.45. The zero-order valence-electron chi connectivity index (χ0n) is 14.1. The van der Waals surface area contributed by atoms with Gasteiger partial charge in [-0.25, -0.2) is 0 Å². The Balaban J connectivity index is 2.45. The standard InChI is InChI=1S/C16H33N3O2/c1-5-17-15(19-10-16(4)11-21-12-16)18-9-14(6-7-20)8-13(2)3/h13-14,20H,5-12H2,1-4H3,(H2,17,18,19). The van der Waals surface area contributed by atoms with Crippen molar-refractivity contribution in [2.24, 2.45) is 22.2 Å². The molecule has 1 fully saturated rings. The molecule has 5 heteroatoms. The van der Waals surface area contributed by atoms with Crippen LogP contribution in [0.2, 0.25) is 0 Å². The zero-order chi connectivity index (χ0) is 15.7. The predicted octanol–water partition coefficient (Wildman–Crippen LogP) is 1.62. The molecule has 1 heterocycles. The summed E-state index contributed by atoms with van der Waals surface area (Å²) >= 11 is 0. The molecule has 0 spiro atoms. The molecule has 0 amide bonds. The van der Waals surface area contributed by atoms with Crippen LogP contribution >= 0.6 is 0 Å². The van der Waals surface area contributed by atoms with Crippen LogP contribution in [0, 0.1) is 17.3 Å². The van der Waals surface area contributed by atoms with Gasteiger partial charge in [-0.15, -0.1) is 0 Å². The zero-order valence-corrected chi connectivity index (χ0v) is 14.1. The molecule has 5 nitrogen and oxygen atoms in total. The molecule has 1 aliphatic rings. The third kappa shape index (κ3) is 7.14. The molecule has 0 bridgehead atoms. The van der Waals surface area contributed by atoms with Crippen molar-refractivity contribution in [2.75, 3.05) is 39.5 Å². The molecule has 3 N–H and O–H groups in total. The fourth-order valence-electron chi connectivity index (χ4n) is 2.55. The Kier molecular flexibility index (Phi) is 8.04. The molecule has 0 aromatic rings. The van der Waals surface area contributed by atoms with Crippen molar-refractivity contribution in [3.05, 3.63) is 0 Å². The van der Waals surface area contributed by atoms with Crippen LogP contribution in [0.3, 0.4) is 0 Å². The lowest BCUT2D eigenvalue weighted by atomic mass is 9.89. The van der Waals surface area contributed by atoms with E-state index in [9.17, 15) is 5.11 Å². The van der Waals surface area contributed by atoms with Gasteiger partial charge < -0.3 is 20.5 Å². The van der Waals surface area contributed by atoms with E-state index in [2.05, 4.69) is 43.3 Å². The normalized spacial score (nSPS) is 19.2. The van der Waals surface area contributed by atoms with Gasteiger partial charge in [-0.2, -0.15) is 0 Å². The number of hydrogen-bond donors (Lipinski definition) is 3. The van der Waals surface area contributed by atoms with E-state index in [0.29, 0.717) is 11.8 Å². The Labute approximate surface area is 129 Å². The van der Waals surface area contributed by atoms with E-state index in [4.69, 9.17) is 4.74 Å². The molecule has 1 atom stereocenters. The lowest BCUT2D eigenvalue weighted by Gasteiger charge is -2.36. The van der Waals surface area contributed by atoms with E-state index < -0.39 is 0 Å². The van der Waals surface area contributed by atoms with E-state index in [-0.39, 0.29) is 12.0 Å². The molecular formula is C16H33N3O2. The Bertz CT molecular complexity index is 315. The van der Waals surface area contributed by atoms with Gasteiger partial charge in [0.05, 0.1) is 19.8 Å². The molecule has 0 aromatic carbocycles. The molecule has 0 aliphatic carbocycles. The van der Waals surface area contributed by atoms with Gasteiger partial charge >= 0.3 is 0 Å². The van der Waals surface area contributed by atoms with E-state index in [1.54, 1.807) is 0 Å². The molecule has 0 radical (unpaired) electrons. The van der Waals surface area contributed by atoms with Gasteiger partial charge in [0.25, 0.3) is 0 Å². The minimum Gasteiger partial charge on any atom is -0.396 e. The summed E-state index contributed by atoms with van der Waals surface area (Å²) in [6, 6.07) is 0. The largest absolute Gasteiger partial charge is 0.396 e. The van der Waals surface area contributed by atoms with Crippen molar-refractivity contribution >= 4 is 5.96 Å². The highest BCUT2D eigenvalue weighted by atomic mass is 16.5. The minimum atomic E-state index is 0.199. The highest BCUT2D eigenvalue weighted by Gasteiger charge is 2.33. The predicted molar refractivity (Wildman–Crippen MR) is 87.6 cm³/mol. The summed E-state index contributed by atoms with van der Waals surface area (Å²) in [6.45, 7) is 13.1. The fourth-order valence-corrected chi connectivity index (χ4v) is 2.55.